The molecule has 0 fully saturated rings. The van der Waals surface area contributed by atoms with E-state index in [9.17, 15) is 18.0 Å². The van der Waals surface area contributed by atoms with Crippen LogP contribution >= 0.6 is 23.2 Å². The van der Waals surface area contributed by atoms with Crippen molar-refractivity contribution in [1.29, 1.82) is 0 Å². The number of hydrogen-bond donors (Lipinski definition) is 1. The lowest BCUT2D eigenvalue weighted by molar-refractivity contribution is -0.141. The van der Waals surface area contributed by atoms with Crippen LogP contribution in [0.2, 0.25) is 10.0 Å². The lowest BCUT2D eigenvalue weighted by Gasteiger charge is -2.32. The van der Waals surface area contributed by atoms with Crippen molar-refractivity contribution in [3.8, 4) is 0 Å². The van der Waals surface area contributed by atoms with Gasteiger partial charge in [-0.1, -0.05) is 65.7 Å². The number of hydrogen-bond acceptors (Lipinski definition) is 4. The Morgan fingerprint density at radius 3 is 1.98 bits per heavy atom. The minimum Gasteiger partial charge on any atom is -0.352 e. The Kier molecular flexibility index (Phi) is 11.4. The molecule has 0 saturated heterocycles. The van der Waals surface area contributed by atoms with E-state index in [0.717, 1.165) is 17.4 Å². The van der Waals surface area contributed by atoms with Gasteiger partial charge in [0.2, 0.25) is 21.8 Å². The van der Waals surface area contributed by atoms with Gasteiger partial charge in [0.1, 0.15) is 6.04 Å². The lowest BCUT2D eigenvalue weighted by atomic mass is 10.0. The Morgan fingerprint density at radius 2 is 1.43 bits per heavy atom. The molecule has 40 heavy (non-hydrogen) atoms. The predicted octanol–water partition coefficient (Wildman–Crippen LogP) is 5.70. The number of rotatable bonds is 13. The Labute approximate surface area is 247 Å². The first kappa shape index (κ1) is 31.5. The number of anilines is 1. The van der Waals surface area contributed by atoms with E-state index in [1.165, 1.54) is 4.31 Å². The van der Waals surface area contributed by atoms with Gasteiger partial charge in [0.05, 0.1) is 11.9 Å². The number of sulfonamides is 1. The molecule has 7 nitrogen and oxygen atoms in total. The molecule has 3 rings (SSSR count). The van der Waals surface area contributed by atoms with Gasteiger partial charge < -0.3 is 10.2 Å². The van der Waals surface area contributed by atoms with E-state index >= 15 is 0 Å². The highest BCUT2D eigenvalue weighted by Crippen LogP contribution is 2.22. The van der Waals surface area contributed by atoms with Gasteiger partial charge in [0, 0.05) is 42.0 Å². The third-order valence-corrected chi connectivity index (χ3v) is 7.93. The molecule has 0 saturated carbocycles. The van der Waals surface area contributed by atoms with E-state index < -0.39 is 16.1 Å². The standard InChI is InChI=1S/C30H35Cl2N3O4S/c1-22(2)33-30(37)28(20-23-8-5-4-6-9-23)34(21-24-11-13-25(31)14-12-24)29(36)10-7-19-35(40(3,38)39)27-17-15-26(32)16-18-27/h4-6,8-9,11-18,22,28H,7,10,19-21H2,1-3H3,(H,33,37)/t28-/m1/s1. The fourth-order valence-electron chi connectivity index (χ4n) is 4.33. The summed E-state index contributed by atoms with van der Waals surface area (Å²) >= 11 is 12.0. The van der Waals surface area contributed by atoms with Crippen molar-refractivity contribution in [1.82, 2.24) is 10.2 Å². The monoisotopic (exact) mass is 603 g/mol. The SMILES string of the molecule is CC(C)NC(=O)[C@@H](Cc1ccccc1)N(Cc1ccc(Cl)cc1)C(=O)CCCN(c1ccc(Cl)cc1)S(C)(=O)=O. The summed E-state index contributed by atoms with van der Waals surface area (Å²) in [4.78, 5) is 28.8. The van der Waals surface area contributed by atoms with Gasteiger partial charge in [-0.15, -0.1) is 0 Å². The Bertz CT molecular complexity index is 1370. The zero-order valence-corrected chi connectivity index (χ0v) is 25.2. The van der Waals surface area contributed by atoms with E-state index in [-0.39, 0.29) is 43.8 Å². The summed E-state index contributed by atoms with van der Waals surface area (Å²) in [6.45, 7) is 4.05. The summed E-state index contributed by atoms with van der Waals surface area (Å²) in [7, 11) is -3.60. The van der Waals surface area contributed by atoms with Crippen LogP contribution in [0.4, 0.5) is 5.69 Å². The van der Waals surface area contributed by atoms with Crippen LogP contribution < -0.4 is 9.62 Å². The first-order chi connectivity index (χ1) is 18.9. The highest BCUT2D eigenvalue weighted by molar-refractivity contribution is 7.92. The number of nitrogens with one attached hydrogen (secondary N) is 1. The molecule has 3 aromatic rings. The Hall–Kier alpha value is -3.07. The lowest BCUT2D eigenvalue weighted by Crippen LogP contribution is -2.51. The molecule has 0 heterocycles. The maximum Gasteiger partial charge on any atom is 0.243 e. The fraction of sp³-hybridized carbons (Fsp3) is 0.333. The summed E-state index contributed by atoms with van der Waals surface area (Å²) in [6, 6.07) is 22.3. The molecule has 0 bridgehead atoms. The van der Waals surface area contributed by atoms with Crippen molar-refractivity contribution in [3.63, 3.8) is 0 Å². The molecule has 3 aromatic carbocycles. The van der Waals surface area contributed by atoms with Crippen LogP contribution in [0.1, 0.15) is 37.8 Å². The summed E-state index contributed by atoms with van der Waals surface area (Å²) in [5.41, 5.74) is 2.22. The van der Waals surface area contributed by atoms with Gasteiger partial charge in [-0.2, -0.15) is 0 Å². The average Bonchev–Trinajstić information content (AvgIpc) is 2.90. The van der Waals surface area contributed by atoms with Gasteiger partial charge >= 0.3 is 0 Å². The molecule has 2 amide bonds. The Balaban J connectivity index is 1.87. The second-order valence-corrected chi connectivity index (χ2v) is 12.7. The molecule has 0 aliphatic carbocycles. The number of amides is 2. The number of halogens is 2. The number of carbonyl (C=O) groups is 2. The van der Waals surface area contributed by atoms with E-state index in [2.05, 4.69) is 5.32 Å². The topological polar surface area (TPSA) is 86.8 Å². The molecule has 0 aliphatic heterocycles. The van der Waals surface area contributed by atoms with Crippen molar-refractivity contribution < 1.29 is 18.0 Å². The molecule has 10 heteroatoms. The molecule has 0 spiro atoms. The molecule has 0 unspecified atom stereocenters. The third-order valence-electron chi connectivity index (χ3n) is 6.23. The molecule has 0 aromatic heterocycles. The molecular weight excluding hydrogens is 569 g/mol. The van der Waals surface area contributed by atoms with Crippen LogP contribution in [0.5, 0.6) is 0 Å². The summed E-state index contributed by atoms with van der Waals surface area (Å²) in [5, 5.41) is 4.03. The van der Waals surface area contributed by atoms with Gasteiger partial charge in [-0.3, -0.25) is 13.9 Å². The summed E-state index contributed by atoms with van der Waals surface area (Å²) in [6.07, 6.45) is 1.77. The van der Waals surface area contributed by atoms with Crippen LogP contribution in [0.15, 0.2) is 78.9 Å². The largest absolute Gasteiger partial charge is 0.352 e. The molecule has 214 valence electrons. The fourth-order valence-corrected chi connectivity index (χ4v) is 5.55. The highest BCUT2D eigenvalue weighted by atomic mass is 35.5. The smallest absolute Gasteiger partial charge is 0.243 e. The Morgan fingerprint density at radius 1 is 0.850 bits per heavy atom. The van der Waals surface area contributed by atoms with Crippen LogP contribution in [0.25, 0.3) is 0 Å². The normalized spacial score (nSPS) is 12.2. The van der Waals surface area contributed by atoms with E-state index in [0.29, 0.717) is 22.2 Å². The van der Waals surface area contributed by atoms with E-state index in [4.69, 9.17) is 23.2 Å². The van der Waals surface area contributed by atoms with Crippen molar-refractivity contribution in [3.05, 3.63) is 100 Å². The molecule has 0 radical (unpaired) electrons. The molecule has 1 N–H and O–H groups in total. The minimum atomic E-state index is -3.60. The van der Waals surface area contributed by atoms with Gasteiger partial charge in [-0.25, -0.2) is 8.42 Å². The maximum absolute atomic E-state index is 13.8. The predicted molar refractivity (Wildman–Crippen MR) is 162 cm³/mol. The van der Waals surface area contributed by atoms with Crippen LogP contribution in [0.3, 0.4) is 0 Å². The zero-order valence-electron chi connectivity index (χ0n) is 22.9. The van der Waals surface area contributed by atoms with Gasteiger partial charge in [-0.05, 0) is 67.8 Å². The second-order valence-electron chi connectivity index (χ2n) is 9.93. The van der Waals surface area contributed by atoms with Crippen molar-refractivity contribution in [2.24, 2.45) is 0 Å². The first-order valence-corrected chi connectivity index (χ1v) is 15.7. The molecule has 0 aliphatic rings. The zero-order chi connectivity index (χ0) is 29.3. The average molecular weight is 605 g/mol. The van der Waals surface area contributed by atoms with Crippen LogP contribution in [-0.4, -0.2) is 50.0 Å². The third kappa shape index (κ3) is 9.54. The maximum atomic E-state index is 13.8. The second kappa shape index (κ2) is 14.5. The van der Waals surface area contributed by atoms with Gasteiger partial charge in [0.25, 0.3) is 0 Å². The van der Waals surface area contributed by atoms with Crippen molar-refractivity contribution >= 4 is 50.7 Å². The van der Waals surface area contributed by atoms with E-state index in [1.807, 2.05) is 56.3 Å². The van der Waals surface area contributed by atoms with Crippen molar-refractivity contribution in [2.45, 2.75) is 51.7 Å². The summed E-state index contributed by atoms with van der Waals surface area (Å²) < 4.78 is 26.3. The number of carbonyl (C=O) groups excluding carboxylic acids is 2. The number of nitrogens with zero attached hydrogens (tertiary/aromatic N) is 2. The minimum absolute atomic E-state index is 0.0491. The quantitative estimate of drug-likeness (QED) is 0.271. The van der Waals surface area contributed by atoms with Crippen LogP contribution in [0, 0.1) is 0 Å². The molecule has 1 atom stereocenters. The molecular formula is C30H35Cl2N3O4S. The van der Waals surface area contributed by atoms with Crippen LogP contribution in [-0.2, 0) is 32.6 Å². The van der Waals surface area contributed by atoms with Gasteiger partial charge in [0.15, 0.2) is 0 Å². The highest BCUT2D eigenvalue weighted by Gasteiger charge is 2.31. The summed E-state index contributed by atoms with van der Waals surface area (Å²) in [5.74, 6) is -0.501. The van der Waals surface area contributed by atoms with Crippen molar-refractivity contribution in [2.75, 3.05) is 17.1 Å². The number of benzene rings is 3. The first-order valence-electron chi connectivity index (χ1n) is 13.1. The van der Waals surface area contributed by atoms with E-state index in [1.54, 1.807) is 41.3 Å².